The third-order valence-electron chi connectivity index (χ3n) is 3.78. The lowest BCUT2D eigenvalue weighted by molar-refractivity contribution is 0.694. The molecule has 0 amide bonds. The van der Waals surface area contributed by atoms with E-state index in [1.165, 1.54) is 10.9 Å². The van der Waals surface area contributed by atoms with Crippen molar-refractivity contribution in [3.05, 3.63) is 41.7 Å². The van der Waals surface area contributed by atoms with Gasteiger partial charge in [0.05, 0.1) is 6.54 Å². The van der Waals surface area contributed by atoms with Crippen LogP contribution >= 0.6 is 0 Å². The van der Waals surface area contributed by atoms with E-state index in [0.29, 0.717) is 6.54 Å². The SMILES string of the molecule is CCNCc1cn(Cc2nnc(C)n2C)c2ncccc12. The van der Waals surface area contributed by atoms with Gasteiger partial charge >= 0.3 is 0 Å². The summed E-state index contributed by atoms with van der Waals surface area (Å²) in [5, 5.41) is 12.9. The normalized spacial score (nSPS) is 11.4. The number of pyridine rings is 1. The van der Waals surface area contributed by atoms with Crippen LogP contribution in [0.5, 0.6) is 0 Å². The molecule has 0 saturated heterocycles. The highest BCUT2D eigenvalue weighted by Crippen LogP contribution is 2.20. The summed E-state index contributed by atoms with van der Waals surface area (Å²) in [7, 11) is 1.99. The second-order valence-corrected chi connectivity index (χ2v) is 5.16. The van der Waals surface area contributed by atoms with E-state index in [1.807, 2.05) is 30.8 Å². The summed E-state index contributed by atoms with van der Waals surface area (Å²) in [6, 6.07) is 4.10. The van der Waals surface area contributed by atoms with Crippen LogP contribution in [-0.2, 0) is 20.1 Å². The first-order valence-electron chi connectivity index (χ1n) is 7.19. The number of fused-ring (bicyclic) bond motifs is 1. The van der Waals surface area contributed by atoms with Crippen molar-refractivity contribution in [2.75, 3.05) is 6.54 Å². The molecule has 21 heavy (non-hydrogen) atoms. The van der Waals surface area contributed by atoms with E-state index in [0.717, 1.165) is 30.4 Å². The number of rotatable bonds is 5. The van der Waals surface area contributed by atoms with Gasteiger partial charge in [0.15, 0.2) is 5.82 Å². The van der Waals surface area contributed by atoms with E-state index in [1.54, 1.807) is 0 Å². The Morgan fingerprint density at radius 2 is 2.14 bits per heavy atom. The van der Waals surface area contributed by atoms with E-state index in [9.17, 15) is 0 Å². The molecule has 1 N–H and O–H groups in total. The minimum atomic E-state index is 0.678. The molecule has 0 bridgehead atoms. The van der Waals surface area contributed by atoms with Gasteiger partial charge in [0.1, 0.15) is 11.5 Å². The molecule has 6 heteroatoms. The first-order valence-corrected chi connectivity index (χ1v) is 7.19. The molecule has 3 aromatic heterocycles. The Bertz CT molecular complexity index is 755. The molecule has 3 rings (SSSR count). The lowest BCUT2D eigenvalue weighted by atomic mass is 10.2. The number of nitrogens with one attached hydrogen (secondary N) is 1. The molecule has 3 heterocycles. The third-order valence-corrected chi connectivity index (χ3v) is 3.78. The van der Waals surface area contributed by atoms with Crippen LogP contribution in [0, 0.1) is 6.92 Å². The van der Waals surface area contributed by atoms with Crippen LogP contribution in [-0.4, -0.2) is 30.9 Å². The van der Waals surface area contributed by atoms with Crippen molar-refractivity contribution in [1.82, 2.24) is 29.6 Å². The van der Waals surface area contributed by atoms with Crippen molar-refractivity contribution in [3.63, 3.8) is 0 Å². The van der Waals surface area contributed by atoms with Crippen molar-refractivity contribution in [2.45, 2.75) is 26.9 Å². The van der Waals surface area contributed by atoms with Crippen molar-refractivity contribution in [1.29, 1.82) is 0 Å². The van der Waals surface area contributed by atoms with Crippen LogP contribution in [0.25, 0.3) is 11.0 Å². The topological polar surface area (TPSA) is 60.6 Å². The molecule has 0 aliphatic heterocycles. The summed E-state index contributed by atoms with van der Waals surface area (Å²) in [5.41, 5.74) is 2.25. The number of aryl methyl sites for hydroxylation is 1. The fraction of sp³-hybridized carbons (Fsp3) is 0.400. The van der Waals surface area contributed by atoms with Crippen molar-refractivity contribution < 1.29 is 0 Å². The average Bonchev–Trinajstić information content (AvgIpc) is 3.01. The molecule has 0 spiro atoms. The van der Waals surface area contributed by atoms with Crippen molar-refractivity contribution in [2.24, 2.45) is 7.05 Å². The summed E-state index contributed by atoms with van der Waals surface area (Å²) in [6.07, 6.45) is 3.99. The molecular formula is C15H20N6. The fourth-order valence-corrected chi connectivity index (χ4v) is 2.46. The predicted octanol–water partition coefficient (Wildman–Crippen LogP) is 1.63. The van der Waals surface area contributed by atoms with Gasteiger partial charge in [-0.3, -0.25) is 0 Å². The monoisotopic (exact) mass is 284 g/mol. The Morgan fingerprint density at radius 3 is 2.86 bits per heavy atom. The van der Waals surface area contributed by atoms with E-state index in [-0.39, 0.29) is 0 Å². The molecule has 0 atom stereocenters. The summed E-state index contributed by atoms with van der Waals surface area (Å²) in [5.74, 6) is 1.85. The molecule has 0 unspecified atom stereocenters. The maximum absolute atomic E-state index is 4.52. The molecule has 0 saturated carbocycles. The first kappa shape index (κ1) is 13.8. The number of hydrogen-bond donors (Lipinski definition) is 1. The molecule has 0 aliphatic rings. The standard InChI is InChI=1S/C15H20N6/c1-4-16-8-12-9-21(15-13(12)6-5-7-17-15)10-14-19-18-11(2)20(14)3/h5-7,9,16H,4,8,10H2,1-3H3. The van der Waals surface area contributed by atoms with Gasteiger partial charge in [-0.25, -0.2) is 4.98 Å². The molecular weight excluding hydrogens is 264 g/mol. The van der Waals surface area contributed by atoms with Gasteiger partial charge in [0, 0.05) is 31.4 Å². The quantitative estimate of drug-likeness (QED) is 0.773. The second kappa shape index (κ2) is 5.65. The highest BCUT2D eigenvalue weighted by molar-refractivity contribution is 5.80. The van der Waals surface area contributed by atoms with E-state index in [2.05, 4.69) is 44.3 Å². The minimum Gasteiger partial charge on any atom is -0.325 e. The van der Waals surface area contributed by atoms with Crippen LogP contribution in [0.2, 0.25) is 0 Å². The summed E-state index contributed by atoms with van der Waals surface area (Å²) >= 11 is 0. The van der Waals surface area contributed by atoms with Gasteiger partial charge in [-0.2, -0.15) is 0 Å². The van der Waals surface area contributed by atoms with Crippen molar-refractivity contribution >= 4 is 11.0 Å². The summed E-state index contributed by atoms with van der Waals surface area (Å²) in [4.78, 5) is 4.52. The van der Waals surface area contributed by atoms with Gasteiger partial charge in [0.2, 0.25) is 0 Å². The van der Waals surface area contributed by atoms with E-state index < -0.39 is 0 Å². The maximum atomic E-state index is 4.52. The van der Waals surface area contributed by atoms with Gasteiger partial charge in [-0.1, -0.05) is 6.92 Å². The van der Waals surface area contributed by atoms with E-state index >= 15 is 0 Å². The molecule has 6 nitrogen and oxygen atoms in total. The van der Waals surface area contributed by atoms with Gasteiger partial charge in [0.25, 0.3) is 0 Å². The largest absolute Gasteiger partial charge is 0.325 e. The molecule has 0 radical (unpaired) electrons. The van der Waals surface area contributed by atoms with Crippen LogP contribution in [0.3, 0.4) is 0 Å². The fourth-order valence-electron chi connectivity index (χ4n) is 2.46. The maximum Gasteiger partial charge on any atom is 0.152 e. The third kappa shape index (κ3) is 2.54. The predicted molar refractivity (Wildman–Crippen MR) is 82.0 cm³/mol. The molecule has 110 valence electrons. The van der Waals surface area contributed by atoms with Gasteiger partial charge in [-0.15, -0.1) is 10.2 Å². The average molecular weight is 284 g/mol. The van der Waals surface area contributed by atoms with E-state index in [4.69, 9.17) is 0 Å². The van der Waals surface area contributed by atoms with Crippen LogP contribution < -0.4 is 5.32 Å². The van der Waals surface area contributed by atoms with Crippen molar-refractivity contribution in [3.8, 4) is 0 Å². The molecule has 0 aromatic carbocycles. The lowest BCUT2D eigenvalue weighted by Crippen LogP contribution is -2.11. The van der Waals surface area contributed by atoms with Crippen LogP contribution in [0.1, 0.15) is 24.1 Å². The van der Waals surface area contributed by atoms with Crippen LogP contribution in [0.15, 0.2) is 24.5 Å². The number of aromatic nitrogens is 5. The molecule has 0 aliphatic carbocycles. The first-order chi connectivity index (χ1) is 10.2. The second-order valence-electron chi connectivity index (χ2n) is 5.16. The van der Waals surface area contributed by atoms with Gasteiger partial charge < -0.3 is 14.5 Å². The number of hydrogen-bond acceptors (Lipinski definition) is 4. The lowest BCUT2D eigenvalue weighted by Gasteiger charge is -2.04. The zero-order valence-electron chi connectivity index (χ0n) is 12.7. The van der Waals surface area contributed by atoms with Crippen LogP contribution in [0.4, 0.5) is 0 Å². The molecule has 0 fully saturated rings. The Morgan fingerprint density at radius 1 is 1.29 bits per heavy atom. The zero-order chi connectivity index (χ0) is 14.8. The Hall–Kier alpha value is -2.21. The summed E-state index contributed by atoms with van der Waals surface area (Å²) in [6.45, 7) is 6.55. The highest BCUT2D eigenvalue weighted by Gasteiger charge is 2.12. The zero-order valence-corrected chi connectivity index (χ0v) is 12.7. The smallest absolute Gasteiger partial charge is 0.152 e. The summed E-state index contributed by atoms with van der Waals surface area (Å²) < 4.78 is 4.16. The minimum absolute atomic E-state index is 0.678. The molecule has 3 aromatic rings. The number of nitrogens with zero attached hydrogens (tertiary/aromatic N) is 5. The Labute approximate surface area is 123 Å². The Balaban J connectivity index is 2.00. The Kier molecular flexibility index (Phi) is 3.70. The van der Waals surface area contributed by atoms with Gasteiger partial charge in [-0.05, 0) is 31.2 Å². The highest BCUT2D eigenvalue weighted by atomic mass is 15.3.